The van der Waals surface area contributed by atoms with Gasteiger partial charge in [0.15, 0.2) is 0 Å². The monoisotopic (exact) mass is 272 g/mol. The molecule has 0 radical (unpaired) electrons. The molecule has 1 aliphatic heterocycles. The third-order valence-corrected chi connectivity index (χ3v) is 3.00. The summed E-state index contributed by atoms with van der Waals surface area (Å²) in [5, 5.41) is 0. The SMILES string of the molecule is COC(=O)C1CCc2ncc(Br)c(=O)n21. The van der Waals surface area contributed by atoms with Crippen LogP contribution in [0.3, 0.4) is 0 Å². The van der Waals surface area contributed by atoms with Gasteiger partial charge in [-0.15, -0.1) is 0 Å². The first kappa shape index (κ1) is 10.4. The van der Waals surface area contributed by atoms with Gasteiger partial charge in [-0.1, -0.05) is 0 Å². The molecule has 0 aliphatic carbocycles. The van der Waals surface area contributed by atoms with Crippen LogP contribution in [-0.2, 0) is 16.0 Å². The Balaban J connectivity index is 2.54. The quantitative estimate of drug-likeness (QED) is 0.705. The molecule has 1 aliphatic rings. The van der Waals surface area contributed by atoms with Crippen LogP contribution in [0.25, 0.3) is 0 Å². The Labute approximate surface area is 94.2 Å². The Morgan fingerprint density at radius 1 is 1.73 bits per heavy atom. The van der Waals surface area contributed by atoms with Crippen molar-refractivity contribution in [3.05, 3.63) is 26.8 Å². The smallest absolute Gasteiger partial charge is 0.329 e. The lowest BCUT2D eigenvalue weighted by Gasteiger charge is -2.11. The van der Waals surface area contributed by atoms with Crippen molar-refractivity contribution >= 4 is 21.9 Å². The van der Waals surface area contributed by atoms with Gasteiger partial charge in [-0.25, -0.2) is 9.78 Å². The molecule has 0 saturated heterocycles. The number of ether oxygens (including phenoxy) is 1. The molecule has 2 rings (SSSR count). The third kappa shape index (κ3) is 1.58. The molecule has 0 bridgehead atoms. The number of carbonyl (C=O) groups is 1. The van der Waals surface area contributed by atoms with Crippen molar-refractivity contribution in [3.8, 4) is 0 Å². The van der Waals surface area contributed by atoms with E-state index in [2.05, 4.69) is 25.7 Å². The summed E-state index contributed by atoms with van der Waals surface area (Å²) in [6, 6.07) is -0.525. The number of esters is 1. The molecule has 1 atom stereocenters. The van der Waals surface area contributed by atoms with E-state index in [0.29, 0.717) is 23.1 Å². The highest BCUT2D eigenvalue weighted by Crippen LogP contribution is 2.23. The highest BCUT2D eigenvalue weighted by Gasteiger charge is 2.31. The molecule has 15 heavy (non-hydrogen) atoms. The summed E-state index contributed by atoms with van der Waals surface area (Å²) in [5.41, 5.74) is -0.229. The van der Waals surface area contributed by atoms with Gasteiger partial charge >= 0.3 is 5.97 Å². The summed E-state index contributed by atoms with van der Waals surface area (Å²) in [6.45, 7) is 0. The fourth-order valence-electron chi connectivity index (χ4n) is 1.74. The summed E-state index contributed by atoms with van der Waals surface area (Å²) in [6.07, 6.45) is 2.67. The zero-order chi connectivity index (χ0) is 11.0. The van der Waals surface area contributed by atoms with Crippen molar-refractivity contribution in [1.29, 1.82) is 0 Å². The van der Waals surface area contributed by atoms with Crippen LogP contribution in [-0.4, -0.2) is 22.6 Å². The number of halogens is 1. The summed E-state index contributed by atoms with van der Waals surface area (Å²) in [7, 11) is 1.32. The van der Waals surface area contributed by atoms with Crippen molar-refractivity contribution in [2.75, 3.05) is 7.11 Å². The Hall–Kier alpha value is -1.17. The van der Waals surface area contributed by atoms with Gasteiger partial charge in [0.2, 0.25) is 0 Å². The molecule has 0 saturated carbocycles. The maximum absolute atomic E-state index is 11.8. The van der Waals surface area contributed by atoms with Crippen molar-refractivity contribution in [2.45, 2.75) is 18.9 Å². The molecule has 2 heterocycles. The number of aryl methyl sites for hydroxylation is 1. The topological polar surface area (TPSA) is 61.2 Å². The molecule has 1 aromatic heterocycles. The van der Waals surface area contributed by atoms with E-state index >= 15 is 0 Å². The zero-order valence-electron chi connectivity index (χ0n) is 8.07. The summed E-state index contributed by atoms with van der Waals surface area (Å²) in [4.78, 5) is 27.3. The first-order valence-corrected chi connectivity index (χ1v) is 5.28. The van der Waals surface area contributed by atoms with Crippen LogP contribution in [0.1, 0.15) is 18.3 Å². The number of methoxy groups -OCH3 is 1. The molecule has 0 amide bonds. The minimum absolute atomic E-state index is 0.229. The van der Waals surface area contributed by atoms with Gasteiger partial charge in [0.1, 0.15) is 16.3 Å². The second-order valence-corrected chi connectivity index (χ2v) is 4.13. The lowest BCUT2D eigenvalue weighted by molar-refractivity contribution is -0.144. The van der Waals surface area contributed by atoms with E-state index in [9.17, 15) is 9.59 Å². The van der Waals surface area contributed by atoms with Crippen LogP contribution < -0.4 is 5.56 Å². The van der Waals surface area contributed by atoms with Crippen molar-refractivity contribution in [1.82, 2.24) is 9.55 Å². The number of fused-ring (bicyclic) bond motifs is 1. The number of aromatic nitrogens is 2. The first-order chi connectivity index (χ1) is 7.15. The first-order valence-electron chi connectivity index (χ1n) is 4.49. The maximum Gasteiger partial charge on any atom is 0.329 e. The van der Waals surface area contributed by atoms with Gasteiger partial charge in [0.25, 0.3) is 5.56 Å². The number of nitrogens with zero attached hydrogens (tertiary/aromatic N) is 2. The van der Waals surface area contributed by atoms with Gasteiger partial charge in [-0.3, -0.25) is 9.36 Å². The number of hydrogen-bond donors (Lipinski definition) is 0. The molecule has 0 spiro atoms. The average Bonchev–Trinajstić information content (AvgIpc) is 2.67. The second kappa shape index (κ2) is 3.77. The Kier molecular flexibility index (Phi) is 2.60. The predicted octanol–water partition coefficient (Wildman–Crippen LogP) is 0.666. The average molecular weight is 273 g/mol. The van der Waals surface area contributed by atoms with E-state index in [-0.39, 0.29) is 5.56 Å². The van der Waals surface area contributed by atoms with Gasteiger partial charge < -0.3 is 4.74 Å². The van der Waals surface area contributed by atoms with Crippen LogP contribution in [0.15, 0.2) is 15.5 Å². The van der Waals surface area contributed by atoms with Crippen LogP contribution in [0, 0.1) is 0 Å². The van der Waals surface area contributed by atoms with E-state index < -0.39 is 12.0 Å². The molecular weight excluding hydrogens is 264 g/mol. The summed E-state index contributed by atoms with van der Waals surface area (Å²) in [5.74, 6) is 0.245. The highest BCUT2D eigenvalue weighted by atomic mass is 79.9. The van der Waals surface area contributed by atoms with E-state index in [4.69, 9.17) is 0 Å². The van der Waals surface area contributed by atoms with Crippen LogP contribution >= 0.6 is 15.9 Å². The largest absolute Gasteiger partial charge is 0.467 e. The molecule has 0 N–H and O–H groups in total. The molecular formula is C9H9BrN2O3. The summed E-state index contributed by atoms with van der Waals surface area (Å²) >= 11 is 3.10. The summed E-state index contributed by atoms with van der Waals surface area (Å²) < 4.78 is 6.41. The molecule has 80 valence electrons. The van der Waals surface area contributed by atoms with Gasteiger partial charge in [-0.05, 0) is 22.4 Å². The van der Waals surface area contributed by atoms with Crippen LogP contribution in [0.2, 0.25) is 0 Å². The second-order valence-electron chi connectivity index (χ2n) is 3.28. The number of hydrogen-bond acceptors (Lipinski definition) is 4. The van der Waals surface area contributed by atoms with Crippen LogP contribution in [0.5, 0.6) is 0 Å². The molecule has 0 aromatic carbocycles. The molecule has 0 fully saturated rings. The lowest BCUT2D eigenvalue weighted by Crippen LogP contribution is -2.29. The zero-order valence-corrected chi connectivity index (χ0v) is 9.65. The van der Waals surface area contributed by atoms with E-state index in [1.54, 1.807) is 0 Å². The minimum atomic E-state index is -0.525. The molecule has 1 unspecified atom stereocenters. The lowest BCUT2D eigenvalue weighted by atomic mass is 10.2. The third-order valence-electron chi connectivity index (χ3n) is 2.45. The molecule has 5 nitrogen and oxygen atoms in total. The minimum Gasteiger partial charge on any atom is -0.467 e. The van der Waals surface area contributed by atoms with E-state index in [0.717, 1.165) is 0 Å². The predicted molar refractivity (Wildman–Crippen MR) is 55.6 cm³/mol. The van der Waals surface area contributed by atoms with E-state index in [1.807, 2.05) is 0 Å². The Morgan fingerprint density at radius 2 is 2.47 bits per heavy atom. The van der Waals surface area contributed by atoms with Crippen molar-refractivity contribution < 1.29 is 9.53 Å². The van der Waals surface area contributed by atoms with E-state index in [1.165, 1.54) is 17.9 Å². The highest BCUT2D eigenvalue weighted by molar-refractivity contribution is 9.10. The molecule has 1 aromatic rings. The fraction of sp³-hybridized carbons (Fsp3) is 0.444. The van der Waals surface area contributed by atoms with Crippen molar-refractivity contribution in [2.24, 2.45) is 0 Å². The number of rotatable bonds is 1. The van der Waals surface area contributed by atoms with Gasteiger partial charge in [0.05, 0.1) is 7.11 Å². The van der Waals surface area contributed by atoms with Gasteiger partial charge in [-0.2, -0.15) is 0 Å². The van der Waals surface area contributed by atoms with Crippen molar-refractivity contribution in [3.63, 3.8) is 0 Å². The number of carbonyl (C=O) groups excluding carboxylic acids is 1. The Morgan fingerprint density at radius 3 is 3.13 bits per heavy atom. The normalized spacial score (nSPS) is 18.7. The fourth-order valence-corrected chi connectivity index (χ4v) is 2.03. The standard InChI is InChI=1S/C9H9BrN2O3/c1-15-9(14)6-2-3-7-11-4-5(10)8(13)12(6)7/h4,6H,2-3H2,1H3. The Bertz CT molecular complexity index is 469. The van der Waals surface area contributed by atoms with Crippen LogP contribution in [0.4, 0.5) is 0 Å². The maximum atomic E-state index is 11.8. The van der Waals surface area contributed by atoms with Gasteiger partial charge in [0, 0.05) is 12.6 Å². The molecule has 6 heteroatoms.